The van der Waals surface area contributed by atoms with Crippen LogP contribution in [0.5, 0.6) is 0 Å². The van der Waals surface area contributed by atoms with Gasteiger partial charge in [0, 0.05) is 19.2 Å². The van der Waals surface area contributed by atoms with Crippen LogP contribution in [0.3, 0.4) is 0 Å². The van der Waals surface area contributed by atoms with Crippen LogP contribution in [0.4, 0.5) is 0 Å². The highest BCUT2D eigenvalue weighted by Gasteiger charge is 2.13. The zero-order valence-electron chi connectivity index (χ0n) is 10.4. The maximum atomic E-state index is 12.0. The Morgan fingerprint density at radius 1 is 1.41 bits per heavy atom. The minimum absolute atomic E-state index is 0.0812. The molecule has 1 N–H and O–H groups in total. The first-order chi connectivity index (χ1) is 8.06. The summed E-state index contributed by atoms with van der Waals surface area (Å²) in [6.45, 7) is 4.68. The monoisotopic (exact) mass is 255 g/mol. The Labute approximate surface area is 107 Å². The van der Waals surface area contributed by atoms with Gasteiger partial charge in [-0.15, -0.1) is 11.6 Å². The van der Waals surface area contributed by atoms with Crippen molar-refractivity contribution in [1.82, 2.24) is 5.32 Å². The van der Waals surface area contributed by atoms with Crippen molar-refractivity contribution in [3.63, 3.8) is 0 Å². The fourth-order valence-corrected chi connectivity index (χ4v) is 1.91. The summed E-state index contributed by atoms with van der Waals surface area (Å²) in [5.41, 5.74) is 2.68. The summed E-state index contributed by atoms with van der Waals surface area (Å²) in [5, 5.41) is 2.61. The summed E-state index contributed by atoms with van der Waals surface area (Å²) in [6.07, 6.45) is 0. The van der Waals surface area contributed by atoms with E-state index in [0.717, 1.165) is 16.7 Å². The number of hydrogen-bond acceptors (Lipinski definition) is 2. The summed E-state index contributed by atoms with van der Waals surface area (Å²) in [7, 11) is 1.59. The number of methoxy groups -OCH3 is 1. The van der Waals surface area contributed by atoms with E-state index in [-0.39, 0.29) is 11.3 Å². The second-order valence-corrected chi connectivity index (χ2v) is 4.65. The molecule has 1 unspecified atom stereocenters. The molecule has 0 bridgehead atoms. The molecule has 0 aliphatic heterocycles. The number of carbonyl (C=O) groups excluding carboxylic acids is 1. The van der Waals surface area contributed by atoms with E-state index < -0.39 is 0 Å². The number of rotatable bonds is 5. The first-order valence-corrected chi connectivity index (χ1v) is 5.97. The average Bonchev–Trinajstić information content (AvgIpc) is 2.26. The normalized spacial score (nSPS) is 12.2. The number of nitrogens with one attached hydrogen (secondary N) is 1. The van der Waals surface area contributed by atoms with E-state index in [4.69, 9.17) is 16.3 Å². The van der Waals surface area contributed by atoms with Crippen molar-refractivity contribution in [2.45, 2.75) is 19.2 Å². The molecule has 1 aromatic carbocycles. The Balaban J connectivity index is 2.64. The molecule has 0 aromatic heterocycles. The number of halogens is 1. The second-order valence-electron chi connectivity index (χ2n) is 4.03. The van der Waals surface area contributed by atoms with E-state index in [2.05, 4.69) is 5.32 Å². The molecule has 3 nitrogen and oxygen atoms in total. The van der Waals surface area contributed by atoms with Gasteiger partial charge in [-0.2, -0.15) is 0 Å². The van der Waals surface area contributed by atoms with Gasteiger partial charge in [0.2, 0.25) is 0 Å². The summed E-state index contributed by atoms with van der Waals surface area (Å²) in [5.74, 6) is -0.0812. The quantitative estimate of drug-likeness (QED) is 0.820. The van der Waals surface area contributed by atoms with Gasteiger partial charge in [0.05, 0.1) is 12.0 Å². The molecule has 0 saturated heterocycles. The van der Waals surface area contributed by atoms with Crippen LogP contribution in [0, 0.1) is 13.8 Å². The summed E-state index contributed by atoms with van der Waals surface area (Å²) < 4.78 is 4.91. The third-order valence-corrected chi connectivity index (χ3v) is 2.82. The van der Waals surface area contributed by atoms with Crippen molar-refractivity contribution >= 4 is 17.5 Å². The van der Waals surface area contributed by atoms with Gasteiger partial charge in [0.15, 0.2) is 0 Å². The topological polar surface area (TPSA) is 38.3 Å². The minimum atomic E-state index is -0.201. The minimum Gasteiger partial charge on any atom is -0.383 e. The number of ether oxygens (including phenoxy) is 1. The second kappa shape index (κ2) is 6.62. The number of carbonyl (C=O) groups is 1. The Morgan fingerprint density at radius 3 is 2.53 bits per heavy atom. The molecule has 0 aliphatic rings. The largest absolute Gasteiger partial charge is 0.383 e. The van der Waals surface area contributed by atoms with E-state index in [9.17, 15) is 4.79 Å². The summed E-state index contributed by atoms with van der Waals surface area (Å²) >= 11 is 5.95. The molecule has 1 rings (SSSR count). The standard InChI is InChI=1S/C13H18ClNO2/c1-9-5-4-6-10(2)12(9)13(16)15-7-11(14)8-17-3/h4-6,11H,7-8H2,1-3H3,(H,15,16). The fourth-order valence-electron chi connectivity index (χ4n) is 1.70. The lowest BCUT2D eigenvalue weighted by Crippen LogP contribution is -2.32. The molecule has 0 heterocycles. The number of amides is 1. The Bertz CT molecular complexity index is 373. The van der Waals surface area contributed by atoms with Crippen molar-refractivity contribution in [2.75, 3.05) is 20.3 Å². The van der Waals surface area contributed by atoms with Gasteiger partial charge < -0.3 is 10.1 Å². The van der Waals surface area contributed by atoms with E-state index in [1.54, 1.807) is 7.11 Å². The summed E-state index contributed by atoms with van der Waals surface area (Å²) in [6, 6.07) is 5.79. The predicted molar refractivity (Wildman–Crippen MR) is 69.8 cm³/mol. The van der Waals surface area contributed by atoms with Crippen LogP contribution in [0.15, 0.2) is 18.2 Å². The first kappa shape index (κ1) is 14.0. The highest BCUT2D eigenvalue weighted by atomic mass is 35.5. The number of hydrogen-bond donors (Lipinski definition) is 1. The fraction of sp³-hybridized carbons (Fsp3) is 0.462. The van der Waals surface area contributed by atoms with Crippen LogP contribution >= 0.6 is 11.6 Å². The molecule has 1 amide bonds. The van der Waals surface area contributed by atoms with Crippen molar-refractivity contribution in [2.24, 2.45) is 0 Å². The highest BCUT2D eigenvalue weighted by Crippen LogP contribution is 2.12. The molecule has 1 aromatic rings. The molecule has 17 heavy (non-hydrogen) atoms. The third-order valence-electron chi connectivity index (χ3n) is 2.54. The summed E-state index contributed by atoms with van der Waals surface area (Å²) in [4.78, 5) is 12.0. The van der Waals surface area contributed by atoms with Gasteiger partial charge in [-0.05, 0) is 25.0 Å². The molecular weight excluding hydrogens is 238 g/mol. The van der Waals surface area contributed by atoms with Gasteiger partial charge in [0.1, 0.15) is 0 Å². The molecule has 94 valence electrons. The predicted octanol–water partition coefficient (Wildman–Crippen LogP) is 2.29. The zero-order chi connectivity index (χ0) is 12.8. The van der Waals surface area contributed by atoms with E-state index in [0.29, 0.717) is 13.2 Å². The Kier molecular flexibility index (Phi) is 5.45. The maximum Gasteiger partial charge on any atom is 0.251 e. The van der Waals surface area contributed by atoms with E-state index in [1.807, 2.05) is 32.0 Å². The van der Waals surface area contributed by atoms with Crippen molar-refractivity contribution in [3.8, 4) is 0 Å². The average molecular weight is 256 g/mol. The van der Waals surface area contributed by atoms with Crippen LogP contribution in [-0.4, -0.2) is 31.5 Å². The highest BCUT2D eigenvalue weighted by molar-refractivity contribution is 6.21. The van der Waals surface area contributed by atoms with Crippen LogP contribution in [0.2, 0.25) is 0 Å². The van der Waals surface area contributed by atoms with Crippen LogP contribution in [0.25, 0.3) is 0 Å². The SMILES string of the molecule is COCC(Cl)CNC(=O)c1c(C)cccc1C. The number of benzene rings is 1. The van der Waals surface area contributed by atoms with Gasteiger partial charge in [-0.1, -0.05) is 18.2 Å². The van der Waals surface area contributed by atoms with Gasteiger partial charge in [-0.3, -0.25) is 4.79 Å². The van der Waals surface area contributed by atoms with Gasteiger partial charge >= 0.3 is 0 Å². The molecule has 0 saturated carbocycles. The molecule has 0 radical (unpaired) electrons. The molecule has 4 heteroatoms. The molecule has 0 fully saturated rings. The zero-order valence-corrected chi connectivity index (χ0v) is 11.2. The smallest absolute Gasteiger partial charge is 0.251 e. The van der Waals surface area contributed by atoms with E-state index >= 15 is 0 Å². The third kappa shape index (κ3) is 4.02. The molecular formula is C13H18ClNO2. The van der Waals surface area contributed by atoms with Crippen LogP contribution < -0.4 is 5.32 Å². The van der Waals surface area contributed by atoms with Crippen molar-refractivity contribution in [3.05, 3.63) is 34.9 Å². The lowest BCUT2D eigenvalue weighted by atomic mass is 10.0. The van der Waals surface area contributed by atoms with Crippen molar-refractivity contribution < 1.29 is 9.53 Å². The first-order valence-electron chi connectivity index (χ1n) is 5.53. The Morgan fingerprint density at radius 2 is 2.00 bits per heavy atom. The van der Waals surface area contributed by atoms with Crippen LogP contribution in [0.1, 0.15) is 21.5 Å². The molecule has 0 aliphatic carbocycles. The number of aryl methyl sites for hydroxylation is 2. The Hall–Kier alpha value is -1.06. The van der Waals surface area contributed by atoms with Crippen LogP contribution in [-0.2, 0) is 4.74 Å². The molecule has 1 atom stereocenters. The maximum absolute atomic E-state index is 12.0. The lowest BCUT2D eigenvalue weighted by molar-refractivity contribution is 0.0948. The van der Waals surface area contributed by atoms with Crippen molar-refractivity contribution in [1.29, 1.82) is 0 Å². The lowest BCUT2D eigenvalue weighted by Gasteiger charge is -2.12. The van der Waals surface area contributed by atoms with Gasteiger partial charge in [-0.25, -0.2) is 0 Å². The van der Waals surface area contributed by atoms with E-state index in [1.165, 1.54) is 0 Å². The molecule has 0 spiro atoms. The number of alkyl halides is 1. The van der Waals surface area contributed by atoms with Gasteiger partial charge in [0.25, 0.3) is 5.91 Å².